The number of aromatic nitrogens is 1. The molecule has 1 aliphatic rings. The molecule has 0 aliphatic heterocycles. The molecule has 3 rings (SSSR count). The van der Waals surface area contributed by atoms with Gasteiger partial charge in [-0.2, -0.15) is 0 Å². The largest absolute Gasteiger partial charge is 0.457 e. The Morgan fingerprint density at radius 3 is 2.83 bits per heavy atom. The van der Waals surface area contributed by atoms with E-state index < -0.39 is 0 Å². The van der Waals surface area contributed by atoms with E-state index in [0.717, 1.165) is 40.7 Å². The SMILES string of the molecule is Fc1ccc(Oc2ccnc(Br)c2)c2c1CCC2. The van der Waals surface area contributed by atoms with Crippen LogP contribution in [-0.4, -0.2) is 4.98 Å². The number of halogens is 2. The Kier molecular flexibility index (Phi) is 3.04. The Morgan fingerprint density at radius 2 is 2.00 bits per heavy atom. The van der Waals surface area contributed by atoms with Crippen molar-refractivity contribution in [3.8, 4) is 11.5 Å². The molecule has 0 radical (unpaired) electrons. The van der Waals surface area contributed by atoms with Crippen molar-refractivity contribution in [1.29, 1.82) is 0 Å². The van der Waals surface area contributed by atoms with Crippen molar-refractivity contribution in [3.05, 3.63) is 52.0 Å². The van der Waals surface area contributed by atoms with Crippen LogP contribution in [0.2, 0.25) is 0 Å². The first kappa shape index (κ1) is 11.7. The van der Waals surface area contributed by atoms with Crippen molar-refractivity contribution in [2.24, 2.45) is 0 Å². The first-order chi connectivity index (χ1) is 8.74. The second kappa shape index (κ2) is 4.69. The summed E-state index contributed by atoms with van der Waals surface area (Å²) in [6.45, 7) is 0. The van der Waals surface area contributed by atoms with Crippen LogP contribution < -0.4 is 4.74 Å². The van der Waals surface area contributed by atoms with Crippen molar-refractivity contribution < 1.29 is 9.13 Å². The molecule has 1 heterocycles. The first-order valence-electron chi connectivity index (χ1n) is 5.84. The number of rotatable bonds is 2. The molecule has 0 amide bonds. The summed E-state index contributed by atoms with van der Waals surface area (Å²) in [7, 11) is 0. The highest BCUT2D eigenvalue weighted by Gasteiger charge is 2.19. The van der Waals surface area contributed by atoms with Gasteiger partial charge in [0.25, 0.3) is 0 Å². The van der Waals surface area contributed by atoms with Gasteiger partial charge in [0, 0.05) is 17.8 Å². The highest BCUT2D eigenvalue weighted by atomic mass is 79.9. The van der Waals surface area contributed by atoms with E-state index in [-0.39, 0.29) is 5.82 Å². The van der Waals surface area contributed by atoms with Gasteiger partial charge in [0.1, 0.15) is 21.9 Å². The minimum atomic E-state index is -0.120. The van der Waals surface area contributed by atoms with Crippen LogP contribution >= 0.6 is 15.9 Å². The van der Waals surface area contributed by atoms with Crippen LogP contribution in [0.1, 0.15) is 17.5 Å². The maximum atomic E-state index is 13.6. The molecule has 0 bridgehead atoms. The molecule has 0 saturated carbocycles. The molecule has 0 unspecified atom stereocenters. The van der Waals surface area contributed by atoms with Crippen LogP contribution in [0.15, 0.2) is 35.1 Å². The smallest absolute Gasteiger partial charge is 0.131 e. The van der Waals surface area contributed by atoms with Crippen LogP contribution in [-0.2, 0) is 12.8 Å². The Balaban J connectivity index is 1.97. The summed E-state index contributed by atoms with van der Waals surface area (Å²) in [5, 5.41) is 0. The summed E-state index contributed by atoms with van der Waals surface area (Å²) in [4.78, 5) is 4.04. The van der Waals surface area contributed by atoms with Crippen LogP contribution in [0.5, 0.6) is 11.5 Å². The molecule has 1 aromatic heterocycles. The third-order valence-corrected chi connectivity index (χ3v) is 3.54. The van der Waals surface area contributed by atoms with Gasteiger partial charge in [-0.25, -0.2) is 9.37 Å². The van der Waals surface area contributed by atoms with E-state index in [9.17, 15) is 4.39 Å². The molecule has 2 nitrogen and oxygen atoms in total. The summed E-state index contributed by atoms with van der Waals surface area (Å²) in [5.41, 5.74) is 1.81. The van der Waals surface area contributed by atoms with Gasteiger partial charge in [-0.3, -0.25) is 0 Å². The fourth-order valence-electron chi connectivity index (χ4n) is 2.30. The Morgan fingerprint density at radius 1 is 1.17 bits per heavy atom. The predicted molar refractivity (Wildman–Crippen MR) is 70.4 cm³/mol. The molecular formula is C14H11BrFNO. The molecule has 2 aromatic rings. The second-order valence-corrected chi connectivity index (χ2v) is 5.08. The molecule has 1 aliphatic carbocycles. The molecule has 18 heavy (non-hydrogen) atoms. The highest BCUT2D eigenvalue weighted by Crippen LogP contribution is 2.35. The van der Waals surface area contributed by atoms with Gasteiger partial charge >= 0.3 is 0 Å². The maximum absolute atomic E-state index is 13.6. The molecule has 92 valence electrons. The fourth-order valence-corrected chi connectivity index (χ4v) is 2.64. The maximum Gasteiger partial charge on any atom is 0.131 e. The third-order valence-electron chi connectivity index (χ3n) is 3.11. The Hall–Kier alpha value is -1.42. The molecule has 0 saturated heterocycles. The zero-order chi connectivity index (χ0) is 12.5. The lowest BCUT2D eigenvalue weighted by Gasteiger charge is -2.11. The van der Waals surface area contributed by atoms with E-state index >= 15 is 0 Å². The molecule has 4 heteroatoms. The van der Waals surface area contributed by atoms with Gasteiger partial charge in [-0.1, -0.05) is 0 Å². The van der Waals surface area contributed by atoms with E-state index in [0.29, 0.717) is 5.75 Å². The molecule has 0 N–H and O–H groups in total. The normalized spacial score (nSPS) is 13.4. The highest BCUT2D eigenvalue weighted by molar-refractivity contribution is 9.10. The van der Waals surface area contributed by atoms with Crippen molar-refractivity contribution in [2.75, 3.05) is 0 Å². The van der Waals surface area contributed by atoms with E-state index in [2.05, 4.69) is 20.9 Å². The number of hydrogen-bond donors (Lipinski definition) is 0. The van der Waals surface area contributed by atoms with E-state index in [1.165, 1.54) is 6.07 Å². The quantitative estimate of drug-likeness (QED) is 0.773. The monoisotopic (exact) mass is 307 g/mol. The van der Waals surface area contributed by atoms with Crippen molar-refractivity contribution in [3.63, 3.8) is 0 Å². The average molecular weight is 308 g/mol. The minimum absolute atomic E-state index is 0.120. The number of benzene rings is 1. The van der Waals surface area contributed by atoms with Crippen LogP contribution in [0.4, 0.5) is 4.39 Å². The average Bonchev–Trinajstić information content (AvgIpc) is 2.83. The molecule has 1 aromatic carbocycles. The van der Waals surface area contributed by atoms with E-state index in [1.807, 2.05) is 0 Å². The topological polar surface area (TPSA) is 22.1 Å². The van der Waals surface area contributed by atoms with Gasteiger partial charge in [0.05, 0.1) is 0 Å². The Bertz CT molecular complexity index is 600. The predicted octanol–water partition coefficient (Wildman–Crippen LogP) is 4.26. The van der Waals surface area contributed by atoms with Crippen LogP contribution in [0.3, 0.4) is 0 Å². The summed E-state index contributed by atoms with van der Waals surface area (Å²) in [5.74, 6) is 1.34. The van der Waals surface area contributed by atoms with Gasteiger partial charge < -0.3 is 4.74 Å². The molecule has 0 fully saturated rings. The number of nitrogens with zero attached hydrogens (tertiary/aromatic N) is 1. The molecule has 0 atom stereocenters. The lowest BCUT2D eigenvalue weighted by Crippen LogP contribution is -1.94. The molecule has 0 spiro atoms. The summed E-state index contributed by atoms with van der Waals surface area (Å²) >= 11 is 3.30. The summed E-state index contributed by atoms with van der Waals surface area (Å²) in [6.07, 6.45) is 4.35. The van der Waals surface area contributed by atoms with Crippen molar-refractivity contribution in [1.82, 2.24) is 4.98 Å². The minimum Gasteiger partial charge on any atom is -0.457 e. The number of fused-ring (bicyclic) bond motifs is 1. The lowest BCUT2D eigenvalue weighted by molar-refractivity contribution is 0.473. The fraction of sp³-hybridized carbons (Fsp3) is 0.214. The summed E-state index contributed by atoms with van der Waals surface area (Å²) < 4.78 is 20.1. The van der Waals surface area contributed by atoms with Crippen LogP contribution in [0, 0.1) is 5.82 Å². The summed E-state index contributed by atoms with van der Waals surface area (Å²) in [6, 6.07) is 6.77. The first-order valence-corrected chi connectivity index (χ1v) is 6.63. The van der Waals surface area contributed by atoms with Gasteiger partial charge in [0.15, 0.2) is 0 Å². The van der Waals surface area contributed by atoms with E-state index in [4.69, 9.17) is 4.74 Å². The number of ether oxygens (including phenoxy) is 1. The number of hydrogen-bond acceptors (Lipinski definition) is 2. The lowest BCUT2D eigenvalue weighted by atomic mass is 10.1. The Labute approximate surface area is 113 Å². The van der Waals surface area contributed by atoms with Gasteiger partial charge in [-0.05, 0) is 59.0 Å². The van der Waals surface area contributed by atoms with Crippen LogP contribution in [0.25, 0.3) is 0 Å². The number of pyridine rings is 1. The molecular weight excluding hydrogens is 297 g/mol. The van der Waals surface area contributed by atoms with Gasteiger partial charge in [0.2, 0.25) is 0 Å². The zero-order valence-corrected chi connectivity index (χ0v) is 11.2. The van der Waals surface area contributed by atoms with E-state index in [1.54, 1.807) is 24.4 Å². The standard InChI is InChI=1S/C14H11BrFNO/c15-14-8-9(6-7-17-14)18-13-5-4-12(16)10-2-1-3-11(10)13/h4-8H,1-3H2. The van der Waals surface area contributed by atoms with Crippen molar-refractivity contribution in [2.45, 2.75) is 19.3 Å². The van der Waals surface area contributed by atoms with Crippen molar-refractivity contribution >= 4 is 15.9 Å². The third kappa shape index (κ3) is 2.12. The van der Waals surface area contributed by atoms with Gasteiger partial charge in [-0.15, -0.1) is 0 Å². The second-order valence-electron chi connectivity index (χ2n) is 4.27. The zero-order valence-electron chi connectivity index (χ0n) is 9.62.